The summed E-state index contributed by atoms with van der Waals surface area (Å²) >= 11 is 0. The number of fused-ring (bicyclic) bond motifs is 1. The number of aromatic nitrogens is 2. The summed E-state index contributed by atoms with van der Waals surface area (Å²) in [5.41, 5.74) is 1.05. The van der Waals surface area contributed by atoms with E-state index in [9.17, 15) is 14.4 Å². The molecule has 9 heteroatoms. The van der Waals surface area contributed by atoms with E-state index in [0.717, 1.165) is 5.56 Å². The third-order valence-electron chi connectivity index (χ3n) is 4.09. The highest BCUT2D eigenvalue weighted by molar-refractivity contribution is 5.95. The Balaban J connectivity index is 1.68. The third kappa shape index (κ3) is 3.04. The third-order valence-corrected chi connectivity index (χ3v) is 4.09. The van der Waals surface area contributed by atoms with Gasteiger partial charge in [-0.15, -0.1) is 0 Å². The highest BCUT2D eigenvalue weighted by atomic mass is 16.5. The first kappa shape index (κ1) is 15.5. The van der Waals surface area contributed by atoms with Crippen LogP contribution in [0.4, 0.5) is 0 Å². The van der Waals surface area contributed by atoms with Gasteiger partial charge < -0.3 is 15.0 Å². The highest BCUT2D eigenvalue weighted by Gasteiger charge is 2.38. The average Bonchev–Trinajstić information content (AvgIpc) is 2.99. The van der Waals surface area contributed by atoms with Crippen molar-refractivity contribution in [2.45, 2.75) is 19.5 Å². The maximum atomic E-state index is 12.0. The van der Waals surface area contributed by atoms with Gasteiger partial charge in [0.05, 0.1) is 19.3 Å². The highest BCUT2D eigenvalue weighted by Crippen LogP contribution is 2.17. The van der Waals surface area contributed by atoms with Crippen LogP contribution in [-0.4, -0.2) is 76.6 Å². The second kappa shape index (κ2) is 6.37. The number of carbonyl (C=O) groups is 3. The predicted molar refractivity (Wildman–Crippen MR) is 78.3 cm³/mol. The minimum absolute atomic E-state index is 0.0511. The topological polar surface area (TPSA) is 108 Å². The van der Waals surface area contributed by atoms with E-state index in [-0.39, 0.29) is 18.4 Å². The maximum absolute atomic E-state index is 12.0. The predicted octanol–water partition coefficient (Wildman–Crippen LogP) is -1.27. The molecule has 3 rings (SSSR count). The summed E-state index contributed by atoms with van der Waals surface area (Å²) in [7, 11) is 0. The largest absolute Gasteiger partial charge is 0.461 e. The smallest absolute Gasteiger partial charge is 0.356 e. The lowest BCUT2D eigenvalue weighted by Crippen LogP contribution is -2.65. The van der Waals surface area contributed by atoms with E-state index in [1.165, 1.54) is 0 Å². The fraction of sp³-hybridized carbons (Fsp3) is 0.571. The molecule has 2 aliphatic rings. The lowest BCUT2D eigenvalue weighted by molar-refractivity contribution is -0.149. The van der Waals surface area contributed by atoms with Gasteiger partial charge >= 0.3 is 5.97 Å². The summed E-state index contributed by atoms with van der Waals surface area (Å²) in [5.74, 6) is -0.624. The number of carbonyl (C=O) groups excluding carboxylic acids is 3. The Hall–Kier alpha value is -2.42. The molecule has 0 aliphatic carbocycles. The van der Waals surface area contributed by atoms with Crippen LogP contribution in [0.3, 0.4) is 0 Å². The second-order valence-electron chi connectivity index (χ2n) is 5.55. The van der Waals surface area contributed by atoms with Crippen molar-refractivity contribution in [3.8, 4) is 0 Å². The van der Waals surface area contributed by atoms with Gasteiger partial charge in [0.25, 0.3) is 0 Å². The van der Waals surface area contributed by atoms with Gasteiger partial charge in [-0.3, -0.25) is 19.6 Å². The summed E-state index contributed by atoms with van der Waals surface area (Å²) in [4.78, 5) is 39.3. The number of nitrogens with zero attached hydrogens (tertiary/aromatic N) is 3. The first-order chi connectivity index (χ1) is 11.1. The van der Waals surface area contributed by atoms with Crippen molar-refractivity contribution < 1.29 is 19.1 Å². The Morgan fingerprint density at radius 3 is 3.04 bits per heavy atom. The van der Waals surface area contributed by atoms with Crippen molar-refractivity contribution in [3.63, 3.8) is 0 Å². The zero-order valence-corrected chi connectivity index (χ0v) is 12.9. The van der Waals surface area contributed by atoms with Crippen LogP contribution in [0.5, 0.6) is 0 Å². The molecule has 0 spiro atoms. The molecule has 2 aliphatic heterocycles. The summed E-state index contributed by atoms with van der Waals surface area (Å²) in [6.45, 7) is 4.16. The number of amides is 2. The van der Waals surface area contributed by atoms with E-state index in [2.05, 4.69) is 15.5 Å². The first-order valence-electron chi connectivity index (χ1n) is 7.59. The first-order valence-corrected chi connectivity index (χ1v) is 7.59. The molecule has 0 aromatic carbocycles. The van der Waals surface area contributed by atoms with E-state index in [1.54, 1.807) is 18.0 Å². The van der Waals surface area contributed by atoms with Crippen molar-refractivity contribution in [1.29, 1.82) is 0 Å². The Labute approximate surface area is 132 Å². The number of piperazine rings is 2. The van der Waals surface area contributed by atoms with E-state index in [4.69, 9.17) is 4.74 Å². The van der Waals surface area contributed by atoms with Crippen molar-refractivity contribution >= 4 is 17.8 Å². The van der Waals surface area contributed by atoms with Crippen LogP contribution >= 0.6 is 0 Å². The van der Waals surface area contributed by atoms with E-state index < -0.39 is 12.0 Å². The zero-order chi connectivity index (χ0) is 16.4. The van der Waals surface area contributed by atoms with Gasteiger partial charge in [0.15, 0.2) is 0 Å². The van der Waals surface area contributed by atoms with Crippen LogP contribution in [0.25, 0.3) is 0 Å². The Morgan fingerprint density at radius 1 is 1.43 bits per heavy atom. The molecule has 2 N–H and O–H groups in total. The number of rotatable bonds is 4. The van der Waals surface area contributed by atoms with Gasteiger partial charge in [-0.25, -0.2) is 4.79 Å². The van der Waals surface area contributed by atoms with Crippen molar-refractivity contribution in [1.82, 2.24) is 25.3 Å². The molecule has 9 nitrogen and oxygen atoms in total. The van der Waals surface area contributed by atoms with Gasteiger partial charge in [0, 0.05) is 31.7 Å². The standard InChI is InChI=1S/C14H19N5O4/c1-2-23-14(22)12-9(5-16-17-12)7-18-3-4-19-10(8-18)13(21)15-6-11(19)20/h5,10H,2-4,6-8H2,1H3,(H,15,21)(H,16,17). The van der Waals surface area contributed by atoms with Gasteiger partial charge in [-0.1, -0.05) is 0 Å². The molecular weight excluding hydrogens is 302 g/mol. The molecule has 0 radical (unpaired) electrons. The number of aromatic amines is 1. The van der Waals surface area contributed by atoms with Crippen LogP contribution in [0.2, 0.25) is 0 Å². The molecule has 0 saturated carbocycles. The molecule has 1 aromatic heterocycles. The SMILES string of the molecule is CCOC(=O)c1[nH]ncc1CN1CCN2C(=O)CNC(=O)C2C1. The van der Waals surface area contributed by atoms with E-state index in [0.29, 0.717) is 38.5 Å². The molecule has 3 heterocycles. The number of hydrogen-bond donors (Lipinski definition) is 2. The maximum Gasteiger partial charge on any atom is 0.356 e. The van der Waals surface area contributed by atoms with Crippen LogP contribution in [0.15, 0.2) is 6.20 Å². The molecule has 2 saturated heterocycles. The minimum atomic E-state index is -0.469. The van der Waals surface area contributed by atoms with Gasteiger partial charge in [0.1, 0.15) is 11.7 Å². The van der Waals surface area contributed by atoms with Crippen molar-refractivity contribution in [3.05, 3.63) is 17.5 Å². The lowest BCUT2D eigenvalue weighted by Gasteiger charge is -2.42. The average molecular weight is 321 g/mol. The molecule has 1 atom stereocenters. The van der Waals surface area contributed by atoms with Crippen molar-refractivity contribution in [2.75, 3.05) is 32.8 Å². The van der Waals surface area contributed by atoms with Crippen LogP contribution in [0.1, 0.15) is 23.0 Å². The monoisotopic (exact) mass is 321 g/mol. The zero-order valence-electron chi connectivity index (χ0n) is 12.9. The fourth-order valence-electron chi connectivity index (χ4n) is 2.94. The van der Waals surface area contributed by atoms with Gasteiger partial charge in [-0.2, -0.15) is 5.10 Å². The Morgan fingerprint density at radius 2 is 2.26 bits per heavy atom. The van der Waals surface area contributed by atoms with Crippen LogP contribution < -0.4 is 5.32 Å². The normalized spacial score (nSPS) is 21.8. The molecule has 124 valence electrons. The number of hydrogen-bond acceptors (Lipinski definition) is 6. The van der Waals surface area contributed by atoms with Crippen molar-refractivity contribution in [2.24, 2.45) is 0 Å². The summed E-state index contributed by atoms with van der Waals surface area (Å²) < 4.78 is 4.99. The quantitative estimate of drug-likeness (QED) is 0.670. The summed E-state index contributed by atoms with van der Waals surface area (Å²) in [6, 6.07) is -0.469. The molecular formula is C14H19N5O4. The molecule has 2 fully saturated rings. The fourth-order valence-corrected chi connectivity index (χ4v) is 2.94. The molecule has 23 heavy (non-hydrogen) atoms. The minimum Gasteiger partial charge on any atom is -0.461 e. The van der Waals surface area contributed by atoms with Gasteiger partial charge in [0.2, 0.25) is 11.8 Å². The number of ether oxygens (including phenoxy) is 1. The Kier molecular flexibility index (Phi) is 4.28. The van der Waals surface area contributed by atoms with Crippen LogP contribution in [0, 0.1) is 0 Å². The molecule has 1 aromatic rings. The number of esters is 1. The summed E-state index contributed by atoms with van der Waals surface area (Å²) in [6.07, 6.45) is 1.59. The van der Waals surface area contributed by atoms with E-state index in [1.807, 2.05) is 4.90 Å². The van der Waals surface area contributed by atoms with Crippen LogP contribution in [-0.2, 0) is 20.9 Å². The second-order valence-corrected chi connectivity index (χ2v) is 5.55. The summed E-state index contributed by atoms with van der Waals surface area (Å²) in [5, 5.41) is 9.17. The lowest BCUT2D eigenvalue weighted by atomic mass is 10.1. The van der Waals surface area contributed by atoms with E-state index >= 15 is 0 Å². The van der Waals surface area contributed by atoms with Gasteiger partial charge in [-0.05, 0) is 6.92 Å². The molecule has 1 unspecified atom stereocenters. The molecule has 0 bridgehead atoms. The Bertz CT molecular complexity index is 628. The number of H-pyrrole nitrogens is 1. The number of nitrogens with one attached hydrogen (secondary N) is 2. The molecule has 2 amide bonds.